The van der Waals surface area contributed by atoms with Crippen molar-refractivity contribution in [1.82, 2.24) is 0 Å². The number of nitrogens with one attached hydrogen (secondary N) is 1. The van der Waals surface area contributed by atoms with Crippen molar-refractivity contribution in [2.24, 2.45) is 0 Å². The molecule has 20 heavy (non-hydrogen) atoms. The lowest BCUT2D eigenvalue weighted by atomic mass is 10.3. The molecule has 108 valence electrons. The predicted octanol–water partition coefficient (Wildman–Crippen LogP) is 3.87. The molecule has 0 aliphatic heterocycles. The Kier molecular flexibility index (Phi) is 4.91. The van der Waals surface area contributed by atoms with E-state index in [9.17, 15) is 13.5 Å². The fraction of sp³-hybridized carbons (Fsp3) is 0.167. The lowest BCUT2D eigenvalue weighted by Crippen LogP contribution is -2.15. The smallest absolute Gasteiger partial charge is 0.263 e. The van der Waals surface area contributed by atoms with Crippen LogP contribution in [0.5, 0.6) is 0 Å². The summed E-state index contributed by atoms with van der Waals surface area (Å²) in [5.74, 6) is 0. The molecule has 0 atom stereocenters. The molecule has 1 heterocycles. The van der Waals surface area contributed by atoms with Crippen LogP contribution in [-0.2, 0) is 16.6 Å². The number of aliphatic hydroxyl groups excluding tert-OH is 1. The Balaban J connectivity index is 2.46. The molecular formula is C12H11Br2NO3S2. The first kappa shape index (κ1) is 16.0. The molecule has 1 aromatic carbocycles. The molecule has 0 radical (unpaired) electrons. The first-order valence-electron chi connectivity index (χ1n) is 5.51. The van der Waals surface area contributed by atoms with Crippen LogP contribution in [0.15, 0.2) is 37.4 Å². The van der Waals surface area contributed by atoms with Gasteiger partial charge >= 0.3 is 0 Å². The van der Waals surface area contributed by atoms with Crippen molar-refractivity contribution >= 4 is 58.9 Å². The molecule has 1 aromatic heterocycles. The van der Waals surface area contributed by atoms with Crippen molar-refractivity contribution in [1.29, 1.82) is 0 Å². The molecular weight excluding hydrogens is 430 g/mol. The fourth-order valence-electron chi connectivity index (χ4n) is 1.73. The van der Waals surface area contributed by atoms with Crippen molar-refractivity contribution in [3.05, 3.63) is 43.0 Å². The second-order valence-electron chi connectivity index (χ2n) is 4.06. The molecule has 0 amide bonds. The molecule has 0 bridgehead atoms. The van der Waals surface area contributed by atoms with Gasteiger partial charge in [-0.1, -0.05) is 15.9 Å². The van der Waals surface area contributed by atoms with Crippen molar-refractivity contribution in [3.63, 3.8) is 0 Å². The van der Waals surface area contributed by atoms with E-state index in [1.54, 1.807) is 30.5 Å². The SMILES string of the molecule is Cc1csc(CO)c1S(=O)(=O)Nc1cc(Br)ccc1Br. The van der Waals surface area contributed by atoms with Gasteiger partial charge in [-0.05, 0) is 52.0 Å². The quantitative estimate of drug-likeness (QED) is 0.758. The van der Waals surface area contributed by atoms with E-state index in [1.165, 1.54) is 11.3 Å². The maximum atomic E-state index is 12.5. The number of hydrogen-bond acceptors (Lipinski definition) is 4. The Labute approximate surface area is 138 Å². The van der Waals surface area contributed by atoms with Gasteiger partial charge in [0.1, 0.15) is 4.90 Å². The average Bonchev–Trinajstić information content (AvgIpc) is 2.75. The minimum atomic E-state index is -3.73. The van der Waals surface area contributed by atoms with Crippen LogP contribution in [0.2, 0.25) is 0 Å². The molecule has 0 saturated carbocycles. The van der Waals surface area contributed by atoms with Gasteiger partial charge in [-0.2, -0.15) is 0 Å². The van der Waals surface area contributed by atoms with Crippen LogP contribution < -0.4 is 4.72 Å². The summed E-state index contributed by atoms with van der Waals surface area (Å²) in [5.41, 5.74) is 1.06. The number of hydrogen-bond donors (Lipinski definition) is 2. The third kappa shape index (κ3) is 3.25. The molecule has 0 spiro atoms. The van der Waals surface area contributed by atoms with Crippen LogP contribution in [0.3, 0.4) is 0 Å². The molecule has 2 aromatic rings. The second-order valence-corrected chi connectivity index (χ2v) is 8.41. The fourth-order valence-corrected chi connectivity index (χ4v) is 5.30. The number of halogens is 2. The third-order valence-corrected chi connectivity index (χ3v) is 6.57. The summed E-state index contributed by atoms with van der Waals surface area (Å²) >= 11 is 7.84. The highest BCUT2D eigenvalue weighted by Gasteiger charge is 2.23. The summed E-state index contributed by atoms with van der Waals surface area (Å²) in [6.07, 6.45) is 0. The van der Waals surface area contributed by atoms with Crippen molar-refractivity contribution < 1.29 is 13.5 Å². The van der Waals surface area contributed by atoms with Crippen LogP contribution in [0.1, 0.15) is 10.4 Å². The van der Waals surface area contributed by atoms with E-state index in [-0.39, 0.29) is 11.5 Å². The van der Waals surface area contributed by atoms with E-state index in [2.05, 4.69) is 36.6 Å². The normalized spacial score (nSPS) is 11.6. The van der Waals surface area contributed by atoms with Gasteiger partial charge in [0.2, 0.25) is 0 Å². The first-order chi connectivity index (χ1) is 9.35. The Hall–Kier alpha value is -0.410. The van der Waals surface area contributed by atoms with Crippen molar-refractivity contribution in [2.45, 2.75) is 18.4 Å². The van der Waals surface area contributed by atoms with Gasteiger partial charge < -0.3 is 5.11 Å². The minimum Gasteiger partial charge on any atom is -0.391 e. The molecule has 8 heteroatoms. The largest absolute Gasteiger partial charge is 0.391 e. The van der Waals surface area contributed by atoms with Crippen LogP contribution >= 0.6 is 43.2 Å². The second kappa shape index (κ2) is 6.15. The zero-order valence-corrected chi connectivity index (χ0v) is 15.2. The maximum Gasteiger partial charge on any atom is 0.263 e. The van der Waals surface area contributed by atoms with Gasteiger partial charge in [-0.3, -0.25) is 4.72 Å². The van der Waals surface area contributed by atoms with Crippen molar-refractivity contribution in [3.8, 4) is 0 Å². The zero-order chi connectivity index (χ0) is 14.9. The molecule has 4 nitrogen and oxygen atoms in total. The lowest BCUT2D eigenvalue weighted by molar-refractivity contribution is 0.282. The van der Waals surface area contributed by atoms with Gasteiger partial charge in [0.15, 0.2) is 0 Å². The minimum absolute atomic E-state index is 0.150. The average molecular weight is 441 g/mol. The highest BCUT2D eigenvalue weighted by Crippen LogP contribution is 2.32. The number of aryl methyl sites for hydroxylation is 1. The number of aliphatic hydroxyl groups is 1. The highest BCUT2D eigenvalue weighted by atomic mass is 79.9. The summed E-state index contributed by atoms with van der Waals surface area (Å²) in [6.45, 7) is 1.41. The van der Waals surface area contributed by atoms with E-state index in [1.807, 2.05) is 0 Å². The molecule has 0 fully saturated rings. The maximum absolute atomic E-state index is 12.5. The van der Waals surface area contributed by atoms with E-state index in [0.29, 0.717) is 20.6 Å². The standard InChI is InChI=1S/C12H11Br2NO3S2/c1-7-6-19-11(5-16)12(7)20(17,18)15-10-4-8(13)2-3-9(10)14/h2-4,6,15-16H,5H2,1H3. The number of thiophene rings is 1. The number of benzene rings is 1. The number of rotatable bonds is 4. The summed E-state index contributed by atoms with van der Waals surface area (Å²) in [5, 5.41) is 11.0. The summed E-state index contributed by atoms with van der Waals surface area (Å²) in [6, 6.07) is 5.22. The van der Waals surface area contributed by atoms with Gasteiger partial charge in [-0.25, -0.2) is 8.42 Å². The topological polar surface area (TPSA) is 66.4 Å². The highest BCUT2D eigenvalue weighted by molar-refractivity contribution is 9.11. The number of sulfonamides is 1. The third-order valence-electron chi connectivity index (χ3n) is 2.57. The van der Waals surface area contributed by atoms with Crippen LogP contribution in [-0.4, -0.2) is 13.5 Å². The van der Waals surface area contributed by atoms with E-state index in [0.717, 1.165) is 4.47 Å². The Morgan fingerprint density at radius 1 is 1.35 bits per heavy atom. The zero-order valence-electron chi connectivity index (χ0n) is 10.4. The van der Waals surface area contributed by atoms with E-state index in [4.69, 9.17) is 0 Å². The number of anilines is 1. The van der Waals surface area contributed by atoms with Crippen LogP contribution in [0.25, 0.3) is 0 Å². The molecule has 2 rings (SSSR count). The van der Waals surface area contributed by atoms with Gasteiger partial charge in [0, 0.05) is 8.95 Å². The summed E-state index contributed by atoms with van der Waals surface area (Å²) in [7, 11) is -3.73. The summed E-state index contributed by atoms with van der Waals surface area (Å²) < 4.78 is 28.9. The van der Waals surface area contributed by atoms with Gasteiger partial charge in [-0.15, -0.1) is 11.3 Å². The molecule has 0 unspecified atom stereocenters. The van der Waals surface area contributed by atoms with Crippen LogP contribution in [0, 0.1) is 6.92 Å². The van der Waals surface area contributed by atoms with E-state index < -0.39 is 10.0 Å². The van der Waals surface area contributed by atoms with Crippen molar-refractivity contribution in [2.75, 3.05) is 4.72 Å². The Morgan fingerprint density at radius 2 is 2.05 bits per heavy atom. The first-order valence-corrected chi connectivity index (χ1v) is 9.45. The molecule has 2 N–H and O–H groups in total. The summed E-state index contributed by atoms with van der Waals surface area (Å²) in [4.78, 5) is 0.581. The monoisotopic (exact) mass is 439 g/mol. The van der Waals surface area contributed by atoms with E-state index >= 15 is 0 Å². The molecule has 0 aliphatic rings. The van der Waals surface area contributed by atoms with Crippen LogP contribution in [0.4, 0.5) is 5.69 Å². The Morgan fingerprint density at radius 3 is 2.70 bits per heavy atom. The Bertz CT molecular complexity index is 741. The van der Waals surface area contributed by atoms with Gasteiger partial charge in [0.25, 0.3) is 10.0 Å². The molecule has 0 aliphatic carbocycles. The lowest BCUT2D eigenvalue weighted by Gasteiger charge is -2.11. The van der Waals surface area contributed by atoms with Gasteiger partial charge in [0.05, 0.1) is 17.2 Å². The molecule has 0 saturated heterocycles. The predicted molar refractivity (Wildman–Crippen MR) is 87.6 cm³/mol.